The monoisotopic (exact) mass is 256 g/mol. The summed E-state index contributed by atoms with van der Waals surface area (Å²) >= 11 is 0. The van der Waals surface area contributed by atoms with E-state index in [1.807, 2.05) is 27.7 Å². The average Bonchev–Trinajstić information content (AvgIpc) is 2.23. The van der Waals surface area contributed by atoms with E-state index in [1.54, 1.807) is 4.90 Å². The summed E-state index contributed by atoms with van der Waals surface area (Å²) in [5, 5.41) is 3.48. The van der Waals surface area contributed by atoms with Crippen LogP contribution in [0.2, 0.25) is 0 Å². The zero-order chi connectivity index (χ0) is 13.8. The number of carbonyl (C=O) groups excluding carboxylic acids is 1. The average molecular weight is 256 g/mol. The summed E-state index contributed by atoms with van der Waals surface area (Å²) in [6, 6.07) is 0. The zero-order valence-electron chi connectivity index (χ0n) is 11.3. The molecule has 1 amide bonds. The summed E-state index contributed by atoms with van der Waals surface area (Å²) in [6.45, 7) is 8.45. The van der Waals surface area contributed by atoms with Crippen molar-refractivity contribution in [2.24, 2.45) is 5.11 Å². The van der Waals surface area contributed by atoms with Gasteiger partial charge in [0.1, 0.15) is 5.60 Å². The number of nitrogens with zero attached hydrogens (tertiary/aromatic N) is 4. The highest BCUT2D eigenvalue weighted by molar-refractivity contribution is 5.68. The van der Waals surface area contributed by atoms with E-state index in [9.17, 15) is 4.79 Å². The first-order valence-corrected chi connectivity index (χ1v) is 5.96. The van der Waals surface area contributed by atoms with Crippen LogP contribution in [0.15, 0.2) is 5.11 Å². The van der Waals surface area contributed by atoms with Crippen molar-refractivity contribution < 1.29 is 14.3 Å². The van der Waals surface area contributed by atoms with Crippen molar-refractivity contribution >= 4 is 6.09 Å². The van der Waals surface area contributed by atoms with Gasteiger partial charge in [-0.05, 0) is 33.2 Å². The quantitative estimate of drug-likeness (QED) is 0.431. The van der Waals surface area contributed by atoms with Crippen molar-refractivity contribution in [1.29, 1.82) is 0 Å². The molecule has 1 rings (SSSR count). The molecule has 1 fully saturated rings. The summed E-state index contributed by atoms with van der Waals surface area (Å²) in [6.07, 6.45) is -0.717. The van der Waals surface area contributed by atoms with Gasteiger partial charge in [-0.25, -0.2) is 4.79 Å². The Morgan fingerprint density at radius 2 is 2.22 bits per heavy atom. The van der Waals surface area contributed by atoms with Gasteiger partial charge >= 0.3 is 6.09 Å². The van der Waals surface area contributed by atoms with Gasteiger partial charge < -0.3 is 14.4 Å². The van der Waals surface area contributed by atoms with Crippen molar-refractivity contribution in [1.82, 2.24) is 4.90 Å². The van der Waals surface area contributed by atoms with E-state index in [-0.39, 0.29) is 24.8 Å². The molecule has 2 atom stereocenters. The van der Waals surface area contributed by atoms with Crippen LogP contribution in [0.3, 0.4) is 0 Å². The zero-order valence-corrected chi connectivity index (χ0v) is 11.3. The summed E-state index contributed by atoms with van der Waals surface area (Å²) in [5.41, 5.74) is 7.77. The number of morpholine rings is 1. The second kappa shape index (κ2) is 5.93. The fourth-order valence-electron chi connectivity index (χ4n) is 1.75. The van der Waals surface area contributed by atoms with Gasteiger partial charge in [-0.2, -0.15) is 0 Å². The topological polar surface area (TPSA) is 87.5 Å². The molecule has 102 valence electrons. The van der Waals surface area contributed by atoms with Crippen LogP contribution in [0.1, 0.15) is 27.7 Å². The van der Waals surface area contributed by atoms with Gasteiger partial charge in [0, 0.05) is 4.91 Å². The van der Waals surface area contributed by atoms with Crippen molar-refractivity contribution in [3.63, 3.8) is 0 Å². The molecule has 0 aliphatic carbocycles. The Balaban J connectivity index is 2.59. The molecule has 7 nitrogen and oxygen atoms in total. The molecule has 1 aliphatic heterocycles. The first-order valence-electron chi connectivity index (χ1n) is 5.96. The predicted molar refractivity (Wildman–Crippen MR) is 66.2 cm³/mol. The SMILES string of the molecule is C[C@@H]1CN(C(=O)OC(C)(C)C)C[C@H](CN=[N+]=[N-])O1. The second-order valence-electron chi connectivity index (χ2n) is 5.37. The van der Waals surface area contributed by atoms with Crippen LogP contribution >= 0.6 is 0 Å². The van der Waals surface area contributed by atoms with Crippen molar-refractivity contribution in [3.8, 4) is 0 Å². The van der Waals surface area contributed by atoms with Crippen LogP contribution in [-0.4, -0.2) is 48.4 Å². The van der Waals surface area contributed by atoms with Crippen LogP contribution < -0.4 is 0 Å². The molecule has 1 aliphatic rings. The van der Waals surface area contributed by atoms with Gasteiger partial charge in [-0.1, -0.05) is 5.11 Å². The van der Waals surface area contributed by atoms with E-state index in [2.05, 4.69) is 10.0 Å². The smallest absolute Gasteiger partial charge is 0.410 e. The molecular formula is C11H20N4O3. The van der Waals surface area contributed by atoms with Gasteiger partial charge in [0.05, 0.1) is 31.8 Å². The molecule has 0 unspecified atom stereocenters. The van der Waals surface area contributed by atoms with Crippen molar-refractivity contribution in [2.75, 3.05) is 19.6 Å². The minimum absolute atomic E-state index is 0.0924. The largest absolute Gasteiger partial charge is 0.444 e. The minimum Gasteiger partial charge on any atom is -0.444 e. The van der Waals surface area contributed by atoms with E-state index in [0.29, 0.717) is 13.1 Å². The Bertz CT molecular complexity index is 347. The van der Waals surface area contributed by atoms with Crippen LogP contribution in [0.5, 0.6) is 0 Å². The van der Waals surface area contributed by atoms with E-state index < -0.39 is 5.60 Å². The van der Waals surface area contributed by atoms with Gasteiger partial charge in [0.15, 0.2) is 0 Å². The Kier molecular flexibility index (Phi) is 4.81. The third-order valence-corrected chi connectivity index (χ3v) is 2.33. The fourth-order valence-corrected chi connectivity index (χ4v) is 1.75. The van der Waals surface area contributed by atoms with Crippen molar-refractivity contribution in [2.45, 2.75) is 45.5 Å². The maximum absolute atomic E-state index is 11.9. The number of carbonyl (C=O) groups is 1. The van der Waals surface area contributed by atoms with E-state index in [1.165, 1.54) is 0 Å². The van der Waals surface area contributed by atoms with E-state index in [4.69, 9.17) is 15.0 Å². The molecule has 1 heterocycles. The highest BCUT2D eigenvalue weighted by Crippen LogP contribution is 2.16. The van der Waals surface area contributed by atoms with Crippen molar-refractivity contribution in [3.05, 3.63) is 10.4 Å². The lowest BCUT2D eigenvalue weighted by Gasteiger charge is -2.37. The molecule has 0 radical (unpaired) electrons. The van der Waals surface area contributed by atoms with Crippen LogP contribution in [0, 0.1) is 0 Å². The lowest BCUT2D eigenvalue weighted by molar-refractivity contribution is -0.0757. The molecule has 0 aromatic heterocycles. The van der Waals surface area contributed by atoms with Gasteiger partial charge in [-0.15, -0.1) is 0 Å². The Morgan fingerprint density at radius 3 is 2.78 bits per heavy atom. The number of hydrogen-bond acceptors (Lipinski definition) is 4. The Morgan fingerprint density at radius 1 is 1.56 bits per heavy atom. The molecule has 1 saturated heterocycles. The van der Waals surface area contributed by atoms with Gasteiger partial charge in [0.25, 0.3) is 0 Å². The highest BCUT2D eigenvalue weighted by Gasteiger charge is 2.30. The lowest BCUT2D eigenvalue weighted by atomic mass is 10.2. The number of rotatable bonds is 2. The molecule has 0 aromatic rings. The molecule has 18 heavy (non-hydrogen) atoms. The lowest BCUT2D eigenvalue weighted by Crippen LogP contribution is -2.51. The third-order valence-electron chi connectivity index (χ3n) is 2.33. The molecule has 0 N–H and O–H groups in total. The molecule has 0 spiro atoms. The summed E-state index contributed by atoms with van der Waals surface area (Å²) in [4.78, 5) is 16.2. The number of azide groups is 1. The highest BCUT2D eigenvalue weighted by atomic mass is 16.6. The molecule has 0 aromatic carbocycles. The summed E-state index contributed by atoms with van der Waals surface area (Å²) in [5.74, 6) is 0. The molecular weight excluding hydrogens is 236 g/mol. The van der Waals surface area contributed by atoms with E-state index in [0.717, 1.165) is 0 Å². The van der Waals surface area contributed by atoms with E-state index >= 15 is 0 Å². The maximum atomic E-state index is 11.9. The van der Waals surface area contributed by atoms with Crippen LogP contribution in [-0.2, 0) is 9.47 Å². The number of amides is 1. The fraction of sp³-hybridized carbons (Fsp3) is 0.909. The first-order chi connectivity index (χ1) is 8.31. The second-order valence-corrected chi connectivity index (χ2v) is 5.37. The van der Waals surface area contributed by atoms with Gasteiger partial charge in [-0.3, -0.25) is 0 Å². The third kappa shape index (κ3) is 4.81. The Hall–Kier alpha value is -1.46. The molecule has 0 bridgehead atoms. The molecule has 7 heteroatoms. The van der Waals surface area contributed by atoms with Gasteiger partial charge in [0.2, 0.25) is 0 Å². The predicted octanol–water partition coefficient (Wildman–Crippen LogP) is 2.32. The first kappa shape index (κ1) is 14.6. The molecule has 0 saturated carbocycles. The normalized spacial score (nSPS) is 24.3. The number of hydrogen-bond donors (Lipinski definition) is 0. The maximum Gasteiger partial charge on any atom is 0.410 e. The summed E-state index contributed by atoms with van der Waals surface area (Å²) < 4.78 is 10.9. The summed E-state index contributed by atoms with van der Waals surface area (Å²) in [7, 11) is 0. The number of ether oxygens (including phenoxy) is 2. The van der Waals surface area contributed by atoms with Crippen LogP contribution in [0.4, 0.5) is 4.79 Å². The minimum atomic E-state index is -0.515. The van der Waals surface area contributed by atoms with Crippen LogP contribution in [0.25, 0.3) is 10.4 Å². The Labute approximate surface area is 107 Å². The standard InChI is InChI=1S/C11H20N4O3/c1-8-6-15(10(16)18-11(2,3)4)7-9(17-8)5-13-14-12/h8-9H,5-7H2,1-4H3/t8-,9+/m1/s1.